The van der Waals surface area contributed by atoms with E-state index in [-0.39, 0.29) is 12.3 Å². The third-order valence-electron chi connectivity index (χ3n) is 3.89. The Bertz CT molecular complexity index is 710. The molecule has 0 unspecified atom stereocenters. The van der Waals surface area contributed by atoms with Crippen molar-refractivity contribution in [2.24, 2.45) is 0 Å². The molecule has 2 rings (SSSR count). The fourth-order valence-corrected chi connectivity index (χ4v) is 2.47. The summed E-state index contributed by atoms with van der Waals surface area (Å²) >= 11 is 0. The van der Waals surface area contributed by atoms with Gasteiger partial charge in [-0.05, 0) is 41.7 Å². The zero-order valence-corrected chi connectivity index (χ0v) is 14.3. The number of rotatable bonds is 9. The molecular weight excluding hydrogens is 318 g/mol. The van der Waals surface area contributed by atoms with Gasteiger partial charge in [-0.15, -0.1) is 0 Å². The topological polar surface area (TPSA) is 75.6 Å². The summed E-state index contributed by atoms with van der Waals surface area (Å²) in [7, 11) is 1.65. The first-order valence-corrected chi connectivity index (χ1v) is 8.30. The van der Waals surface area contributed by atoms with Crippen molar-refractivity contribution in [3.63, 3.8) is 0 Å². The number of ether oxygens (including phenoxy) is 1. The van der Waals surface area contributed by atoms with E-state index in [1.54, 1.807) is 7.11 Å². The van der Waals surface area contributed by atoms with Crippen LogP contribution in [0.4, 0.5) is 0 Å². The molecule has 0 heterocycles. The van der Waals surface area contributed by atoms with Crippen LogP contribution in [0.5, 0.6) is 5.75 Å². The summed E-state index contributed by atoms with van der Waals surface area (Å²) in [4.78, 5) is 22.2. The molecule has 0 aliphatic carbocycles. The second-order valence-electron chi connectivity index (χ2n) is 5.81. The molecule has 25 heavy (non-hydrogen) atoms. The second kappa shape index (κ2) is 9.47. The molecule has 5 heteroatoms. The Hall–Kier alpha value is -2.82. The molecule has 2 aromatic rings. The lowest BCUT2D eigenvalue weighted by Crippen LogP contribution is -2.22. The summed E-state index contributed by atoms with van der Waals surface area (Å²) in [5, 5.41) is 11.4. The zero-order valence-electron chi connectivity index (χ0n) is 14.3. The summed E-state index contributed by atoms with van der Waals surface area (Å²) in [6, 6.07) is 15.9. The normalized spacial score (nSPS) is 10.3. The molecule has 2 aromatic carbocycles. The Kier molecular flexibility index (Phi) is 7.01. The Balaban J connectivity index is 1.82. The molecule has 0 aromatic heterocycles. The average molecular weight is 341 g/mol. The van der Waals surface area contributed by atoms with Gasteiger partial charge < -0.3 is 15.2 Å². The molecule has 0 bridgehead atoms. The molecule has 132 valence electrons. The van der Waals surface area contributed by atoms with Gasteiger partial charge in [0.15, 0.2) is 0 Å². The lowest BCUT2D eigenvalue weighted by atomic mass is 10.0. The molecule has 1 amide bonds. The first-order valence-electron chi connectivity index (χ1n) is 8.30. The molecule has 0 atom stereocenters. The van der Waals surface area contributed by atoms with Gasteiger partial charge in [-0.3, -0.25) is 9.59 Å². The van der Waals surface area contributed by atoms with Crippen molar-refractivity contribution < 1.29 is 19.4 Å². The van der Waals surface area contributed by atoms with E-state index in [0.717, 1.165) is 22.4 Å². The first-order chi connectivity index (χ1) is 12.1. The van der Waals surface area contributed by atoms with Crippen LogP contribution >= 0.6 is 0 Å². The van der Waals surface area contributed by atoms with Gasteiger partial charge in [0.1, 0.15) is 5.75 Å². The average Bonchev–Trinajstić information content (AvgIpc) is 2.64. The number of hydrogen-bond donors (Lipinski definition) is 2. The van der Waals surface area contributed by atoms with Crippen molar-refractivity contribution >= 4 is 11.9 Å². The predicted molar refractivity (Wildman–Crippen MR) is 96.4 cm³/mol. The molecular formula is C20H23NO4. The molecule has 0 radical (unpaired) electrons. The van der Waals surface area contributed by atoms with Crippen molar-refractivity contribution in [1.29, 1.82) is 0 Å². The number of carbonyl (C=O) groups is 2. The number of carboxylic acid groups (broad SMARTS) is 1. The Morgan fingerprint density at radius 1 is 1.00 bits per heavy atom. The Morgan fingerprint density at radius 3 is 2.40 bits per heavy atom. The maximum atomic E-state index is 11.7. The third-order valence-corrected chi connectivity index (χ3v) is 3.89. The van der Waals surface area contributed by atoms with Crippen LogP contribution in [0.15, 0.2) is 48.5 Å². The van der Waals surface area contributed by atoms with Gasteiger partial charge in [-0.25, -0.2) is 0 Å². The number of benzene rings is 2. The summed E-state index contributed by atoms with van der Waals surface area (Å²) in [6.07, 6.45) is 1.58. The number of methoxy groups -OCH3 is 1. The molecule has 0 saturated heterocycles. The van der Waals surface area contributed by atoms with Crippen LogP contribution in [0, 0.1) is 0 Å². The Morgan fingerprint density at radius 2 is 1.72 bits per heavy atom. The van der Waals surface area contributed by atoms with Crippen LogP contribution in [0.25, 0.3) is 11.1 Å². The minimum atomic E-state index is -0.823. The smallest absolute Gasteiger partial charge is 0.303 e. The van der Waals surface area contributed by atoms with Crippen molar-refractivity contribution in [3.05, 3.63) is 54.1 Å². The monoisotopic (exact) mass is 341 g/mol. The maximum absolute atomic E-state index is 11.7. The van der Waals surface area contributed by atoms with Gasteiger partial charge in [0, 0.05) is 19.4 Å². The van der Waals surface area contributed by atoms with Crippen molar-refractivity contribution in [2.75, 3.05) is 7.11 Å². The van der Waals surface area contributed by atoms with E-state index in [9.17, 15) is 9.59 Å². The van der Waals surface area contributed by atoms with E-state index in [1.807, 2.05) is 48.5 Å². The molecule has 0 aliphatic rings. The Labute approximate surface area is 147 Å². The van der Waals surface area contributed by atoms with E-state index in [2.05, 4.69) is 5.32 Å². The molecule has 0 saturated carbocycles. The SMILES string of the molecule is COc1cccc(-c2ccc(CNC(=O)CCCCC(=O)O)cc2)c1. The van der Waals surface area contributed by atoms with Gasteiger partial charge in [0.2, 0.25) is 5.91 Å². The molecule has 0 fully saturated rings. The van der Waals surface area contributed by atoms with Crippen LogP contribution in [0.2, 0.25) is 0 Å². The summed E-state index contributed by atoms with van der Waals surface area (Å²) in [5.41, 5.74) is 3.18. The first kappa shape index (κ1) is 18.5. The van der Waals surface area contributed by atoms with Gasteiger partial charge in [-0.1, -0.05) is 36.4 Å². The van der Waals surface area contributed by atoms with E-state index >= 15 is 0 Å². The summed E-state index contributed by atoms with van der Waals surface area (Å²) < 4.78 is 5.24. The largest absolute Gasteiger partial charge is 0.497 e. The summed E-state index contributed by atoms with van der Waals surface area (Å²) in [5.74, 6) is -0.0597. The highest BCUT2D eigenvalue weighted by Crippen LogP contribution is 2.24. The van der Waals surface area contributed by atoms with E-state index < -0.39 is 5.97 Å². The van der Waals surface area contributed by atoms with Crippen LogP contribution in [-0.2, 0) is 16.1 Å². The van der Waals surface area contributed by atoms with Crippen molar-refractivity contribution in [2.45, 2.75) is 32.2 Å². The van der Waals surface area contributed by atoms with Crippen LogP contribution in [-0.4, -0.2) is 24.1 Å². The van der Waals surface area contributed by atoms with Gasteiger partial charge in [0.05, 0.1) is 7.11 Å². The van der Waals surface area contributed by atoms with Crippen LogP contribution in [0.1, 0.15) is 31.2 Å². The third kappa shape index (κ3) is 6.30. The highest BCUT2D eigenvalue weighted by atomic mass is 16.5. The number of aliphatic carboxylic acids is 1. The molecule has 2 N–H and O–H groups in total. The maximum Gasteiger partial charge on any atom is 0.303 e. The number of carboxylic acids is 1. The molecule has 0 aliphatic heterocycles. The van der Waals surface area contributed by atoms with E-state index in [0.29, 0.717) is 25.8 Å². The van der Waals surface area contributed by atoms with Crippen molar-refractivity contribution in [1.82, 2.24) is 5.32 Å². The summed E-state index contributed by atoms with van der Waals surface area (Å²) in [6.45, 7) is 0.468. The van der Waals surface area contributed by atoms with Crippen molar-refractivity contribution in [3.8, 4) is 16.9 Å². The van der Waals surface area contributed by atoms with Gasteiger partial charge in [0.25, 0.3) is 0 Å². The lowest BCUT2D eigenvalue weighted by molar-refractivity contribution is -0.137. The predicted octanol–water partition coefficient (Wildman–Crippen LogP) is 3.62. The molecule has 0 spiro atoms. The number of nitrogens with one attached hydrogen (secondary N) is 1. The van der Waals surface area contributed by atoms with Gasteiger partial charge >= 0.3 is 5.97 Å². The van der Waals surface area contributed by atoms with Crippen LogP contribution < -0.4 is 10.1 Å². The fraction of sp³-hybridized carbons (Fsp3) is 0.300. The number of hydrogen-bond acceptors (Lipinski definition) is 3. The van der Waals surface area contributed by atoms with Gasteiger partial charge in [-0.2, -0.15) is 0 Å². The number of amides is 1. The quantitative estimate of drug-likeness (QED) is 0.683. The fourth-order valence-electron chi connectivity index (χ4n) is 2.47. The van der Waals surface area contributed by atoms with E-state index in [4.69, 9.17) is 9.84 Å². The highest BCUT2D eigenvalue weighted by molar-refractivity contribution is 5.76. The highest BCUT2D eigenvalue weighted by Gasteiger charge is 2.04. The minimum absolute atomic E-state index is 0.0535. The van der Waals surface area contributed by atoms with Crippen LogP contribution in [0.3, 0.4) is 0 Å². The van der Waals surface area contributed by atoms with E-state index in [1.165, 1.54) is 0 Å². The number of unbranched alkanes of at least 4 members (excludes halogenated alkanes) is 1. The zero-order chi connectivity index (χ0) is 18.1. The lowest BCUT2D eigenvalue weighted by Gasteiger charge is -2.08. The number of carbonyl (C=O) groups excluding carboxylic acids is 1. The molecule has 5 nitrogen and oxygen atoms in total. The second-order valence-corrected chi connectivity index (χ2v) is 5.81. The minimum Gasteiger partial charge on any atom is -0.497 e. The standard InChI is InChI=1S/C20H23NO4/c1-25-18-6-4-5-17(13-18)16-11-9-15(10-12-16)14-21-19(22)7-2-3-8-20(23)24/h4-6,9-13H,2-3,7-8,14H2,1H3,(H,21,22)(H,23,24).